The molecule has 6 aliphatic rings. The summed E-state index contributed by atoms with van der Waals surface area (Å²) in [5.41, 5.74) is -1.58. The molecule has 0 spiro atoms. The number of rotatable bonds is 16. The summed E-state index contributed by atoms with van der Waals surface area (Å²) in [6.45, 7) is 12.3. The molecule has 1 aromatic carbocycles. The first-order valence-electron chi connectivity index (χ1n) is 28.5. The first-order chi connectivity index (χ1) is 40.4. The third-order valence-electron chi connectivity index (χ3n) is 16.1. The molecule has 85 heavy (non-hydrogen) atoms. The van der Waals surface area contributed by atoms with Crippen LogP contribution < -0.4 is 16.3 Å². The first-order valence-corrected chi connectivity index (χ1v) is 31.9. The summed E-state index contributed by atoms with van der Waals surface area (Å²) in [7, 11) is -8.07. The highest BCUT2D eigenvalue weighted by Crippen LogP contribution is 2.59. The number of benzene rings is 1. The Morgan fingerprint density at radius 3 is 2.44 bits per heavy atom. The van der Waals surface area contributed by atoms with Gasteiger partial charge in [-0.2, -0.15) is 0 Å². The van der Waals surface area contributed by atoms with E-state index in [1.807, 2.05) is 25.8 Å². The second-order valence-corrected chi connectivity index (χ2v) is 26.8. The zero-order valence-electron chi connectivity index (χ0n) is 48.3. The number of nitrogens with one attached hydrogen (secondary N) is 2. The Bertz CT molecular complexity index is 3370. The fourth-order valence-corrected chi connectivity index (χ4v) is 14.5. The molecule has 0 radical (unpaired) electrons. The van der Waals surface area contributed by atoms with Crippen LogP contribution in [0, 0.1) is 29.1 Å². The van der Waals surface area contributed by atoms with Gasteiger partial charge in [-0.05, 0) is 125 Å². The number of aromatic nitrogens is 4. The summed E-state index contributed by atoms with van der Waals surface area (Å²) in [5.74, 6) is -0.569. The highest BCUT2D eigenvalue weighted by molar-refractivity contribution is 7.52. The second kappa shape index (κ2) is 26.9. The van der Waals surface area contributed by atoms with Gasteiger partial charge in [-0.25, -0.2) is 27.9 Å². The van der Waals surface area contributed by atoms with Gasteiger partial charge in [0.25, 0.3) is 5.56 Å². The Hall–Kier alpha value is -6.00. The summed E-state index contributed by atoms with van der Waals surface area (Å²) < 4.78 is 101. The van der Waals surface area contributed by atoms with Crippen LogP contribution >= 0.6 is 27.1 Å². The maximum Gasteiger partial charge on any atom is 0.460 e. The average Bonchev–Trinajstić information content (AvgIpc) is 2.77. The molecule has 2 N–H and O–H groups in total. The van der Waals surface area contributed by atoms with E-state index in [1.165, 1.54) is 5.57 Å². The minimum Gasteiger partial charge on any atom is -0.462 e. The number of hydrogen-bond acceptors (Lipinski definition) is 18. The van der Waals surface area contributed by atoms with E-state index < -0.39 is 99.4 Å². The molecule has 26 heteroatoms. The van der Waals surface area contributed by atoms with E-state index in [9.17, 15) is 33.1 Å². The molecule has 22 nitrogen and oxygen atoms in total. The van der Waals surface area contributed by atoms with Crippen LogP contribution in [0.4, 0.5) is 4.39 Å². The molecular weight excluding hydrogens is 1170 g/mol. The van der Waals surface area contributed by atoms with Crippen LogP contribution in [0.25, 0.3) is 0 Å². The van der Waals surface area contributed by atoms with Gasteiger partial charge in [-0.3, -0.25) is 52.3 Å². The Balaban J connectivity index is 0.000000214. The van der Waals surface area contributed by atoms with Crippen molar-refractivity contribution in [3.63, 3.8) is 0 Å². The van der Waals surface area contributed by atoms with E-state index in [0.717, 1.165) is 49.1 Å². The van der Waals surface area contributed by atoms with E-state index in [0.29, 0.717) is 60.7 Å². The van der Waals surface area contributed by atoms with Gasteiger partial charge >= 0.3 is 39.1 Å². The monoisotopic (exact) mass is 1240 g/mol. The van der Waals surface area contributed by atoms with Gasteiger partial charge in [0.1, 0.15) is 18.3 Å². The molecule has 3 saturated heterocycles. The Morgan fingerprint density at radius 1 is 0.965 bits per heavy atom. The van der Waals surface area contributed by atoms with Crippen LogP contribution in [-0.4, -0.2) is 92.7 Å². The minimum absolute atomic E-state index is 0.0512. The molecule has 2 aliphatic carbocycles. The van der Waals surface area contributed by atoms with Gasteiger partial charge in [0.05, 0.1) is 36.2 Å². The number of fused-ring (bicyclic) bond motifs is 1. The van der Waals surface area contributed by atoms with Crippen LogP contribution in [-0.2, 0) is 65.3 Å². The molecule has 10 rings (SSSR count). The van der Waals surface area contributed by atoms with Crippen molar-refractivity contribution < 1.29 is 69.7 Å². The molecule has 4 unspecified atom stereocenters. The van der Waals surface area contributed by atoms with Crippen molar-refractivity contribution in [2.24, 2.45) is 33.8 Å². The molecular formula is C59H72ClFN6O16P2. The van der Waals surface area contributed by atoms with Gasteiger partial charge in [0, 0.05) is 73.4 Å². The standard InChI is InChI=1S/C37H46N3O8P.C22H26ClFN3O8P/c1-6-37(4,5)36(42)45-31-18-23(2)17-25-12-11-24(3)30(33(25)31)14-13-28-19-29(20-32(41)44-28)47-49(43)40-34(26-9-7-15-38-21-26)46-35(48-49)27-10-8-16-39-22-27;1-13(28)33-19-17(34-20(22(19,2)24)27-10-8-18(29)26-21(27)30)12-32-36(31)25-9-4-7-16(35-36)14-5-3-6-15(23)11-14/h7-12,15-17,21-24,28-31,33,35H,6,13-14,18-20H2,1-5H3;3,5-6,8,10-11,16-17,19-20H,4,7,9,12H2,1-2H3,(H,25,31)(H,26,29,30)/t23-,24-,28-,29+,30-,31-,33-,35?,49?;16?,17-,19-,20-,22-,36?/m01/s1. The summed E-state index contributed by atoms with van der Waals surface area (Å²) in [6.07, 6.45) is 10.9. The molecule has 0 saturated carbocycles. The van der Waals surface area contributed by atoms with Crippen molar-refractivity contribution in [1.29, 1.82) is 0 Å². The number of halogens is 2. The number of pyridine rings is 2. The maximum atomic E-state index is 15.9. The summed E-state index contributed by atoms with van der Waals surface area (Å²) in [5, 5.41) is 3.26. The van der Waals surface area contributed by atoms with Crippen LogP contribution in [0.5, 0.6) is 0 Å². The molecule has 458 valence electrons. The number of allylic oxidation sites excluding steroid dienone is 3. The van der Waals surface area contributed by atoms with Crippen molar-refractivity contribution in [1.82, 2.24) is 24.6 Å². The zero-order valence-corrected chi connectivity index (χ0v) is 50.8. The summed E-state index contributed by atoms with van der Waals surface area (Å²) in [6, 6.07) is 14.9. The maximum absolute atomic E-state index is 15.9. The summed E-state index contributed by atoms with van der Waals surface area (Å²) >= 11 is 6.08. The quantitative estimate of drug-likeness (QED) is 0.0599. The predicted octanol–water partition coefficient (Wildman–Crippen LogP) is 10.7. The third-order valence-corrected chi connectivity index (χ3v) is 19.4. The van der Waals surface area contributed by atoms with E-state index in [4.69, 9.17) is 53.4 Å². The number of carbonyl (C=O) groups is 3. The van der Waals surface area contributed by atoms with Crippen molar-refractivity contribution in [2.45, 2.75) is 155 Å². The normalized spacial score (nSPS) is 32.8. The highest BCUT2D eigenvalue weighted by Gasteiger charge is 2.59. The van der Waals surface area contributed by atoms with Crippen molar-refractivity contribution in [3.05, 3.63) is 152 Å². The van der Waals surface area contributed by atoms with Gasteiger partial charge in [0.2, 0.25) is 12.2 Å². The van der Waals surface area contributed by atoms with E-state index in [-0.39, 0.29) is 42.1 Å². The van der Waals surface area contributed by atoms with Gasteiger partial charge in [0.15, 0.2) is 18.0 Å². The number of esters is 3. The number of hydrogen-bond donors (Lipinski definition) is 2. The van der Waals surface area contributed by atoms with Gasteiger partial charge in [-0.15, -0.1) is 4.76 Å². The Morgan fingerprint density at radius 2 is 1.73 bits per heavy atom. The van der Waals surface area contributed by atoms with Gasteiger partial charge in [-0.1, -0.05) is 62.7 Å². The third kappa shape index (κ3) is 15.6. The fraction of sp³-hybridized carbons (Fsp3) is 0.525. The van der Waals surface area contributed by atoms with Crippen LogP contribution in [0.3, 0.4) is 0 Å². The SMILES string of the molecule is CC(=O)O[C@@H]1[C@@H](COP2(=O)NCCCC(c3cccc(Cl)c3)O2)O[C@@H](n2ccc(=O)[nH]c2=O)[C@]1(C)F.CCC(C)(C)C(=O)O[C@H]1C[C@@H](C)C=C2C=C[C@H](C)[C@H](CC[C@H]3C[C@@H](OP4(=O)N=C(c5cccnc5)OC(c5cccnc5)O4)CC(=O)O3)[C@H]21. The van der Waals surface area contributed by atoms with Crippen molar-refractivity contribution in [2.75, 3.05) is 13.2 Å². The molecule has 7 heterocycles. The number of alkyl halides is 1. The van der Waals surface area contributed by atoms with Gasteiger partial charge < -0.3 is 23.7 Å². The highest BCUT2D eigenvalue weighted by atomic mass is 35.5. The summed E-state index contributed by atoms with van der Waals surface area (Å²) in [4.78, 5) is 71.8. The molecule has 0 bridgehead atoms. The largest absolute Gasteiger partial charge is 0.462 e. The lowest BCUT2D eigenvalue weighted by Crippen LogP contribution is -2.45. The number of H-pyrrole nitrogens is 1. The smallest absolute Gasteiger partial charge is 0.460 e. The number of ether oxygens (including phenoxy) is 5. The molecule has 4 aliphatic heterocycles. The Labute approximate surface area is 496 Å². The minimum atomic E-state index is -4.16. The van der Waals surface area contributed by atoms with E-state index in [2.05, 4.69) is 51.9 Å². The fourth-order valence-electron chi connectivity index (χ4n) is 11.3. The lowest BCUT2D eigenvalue weighted by Gasteiger charge is -2.44. The molecule has 0 amide bonds. The lowest BCUT2D eigenvalue weighted by molar-refractivity contribution is -0.166. The number of cyclic esters (lactones) is 1. The Kier molecular flexibility index (Phi) is 20.1. The molecule has 3 fully saturated rings. The number of aromatic amines is 1. The van der Waals surface area contributed by atoms with E-state index in [1.54, 1.807) is 73.3 Å². The lowest BCUT2D eigenvalue weighted by atomic mass is 9.65. The molecule has 4 aromatic rings. The van der Waals surface area contributed by atoms with E-state index >= 15 is 4.39 Å². The average molecular weight is 1240 g/mol. The van der Waals surface area contributed by atoms with Crippen molar-refractivity contribution in [3.8, 4) is 0 Å². The number of nitrogens with zero attached hydrogens (tertiary/aromatic N) is 4. The predicted molar refractivity (Wildman–Crippen MR) is 308 cm³/mol. The van der Waals surface area contributed by atoms with Crippen molar-refractivity contribution >= 4 is 50.9 Å². The van der Waals surface area contributed by atoms with Crippen LogP contribution in [0.1, 0.15) is 135 Å². The topological polar surface area (TPSA) is 273 Å². The first kappa shape index (κ1) is 63.5. The van der Waals surface area contributed by atoms with Crippen LogP contribution in [0.15, 0.2) is 124 Å². The second-order valence-electron chi connectivity index (χ2n) is 23.0. The molecule has 3 aromatic heterocycles. The molecule has 15 atom stereocenters. The zero-order chi connectivity index (χ0) is 60.8. The van der Waals surface area contributed by atoms with Crippen LogP contribution in [0.2, 0.25) is 5.02 Å². The number of carbonyl (C=O) groups excluding carboxylic acids is 3.